The molecule has 0 aromatic heterocycles. The smallest absolute Gasteiger partial charge is 0.325 e. The van der Waals surface area contributed by atoms with Gasteiger partial charge in [0.1, 0.15) is 12.8 Å². The molecule has 1 aromatic rings. The molecule has 6 nitrogen and oxygen atoms in total. The average molecular weight is 430 g/mol. The number of carbonyl (C=O) groups is 2. The molecule has 0 spiro atoms. The molecule has 0 atom stereocenters. The summed E-state index contributed by atoms with van der Waals surface area (Å²) in [4.78, 5) is 26.3. The van der Waals surface area contributed by atoms with Crippen LogP contribution in [0.25, 0.3) is 5.70 Å². The Morgan fingerprint density at radius 3 is 2.45 bits per heavy atom. The number of aliphatic imine (C=N–C) groups is 1. The van der Waals surface area contributed by atoms with Gasteiger partial charge in [-0.05, 0) is 32.4 Å². The van der Waals surface area contributed by atoms with E-state index in [1.807, 2.05) is 31.3 Å². The van der Waals surface area contributed by atoms with Crippen LogP contribution >= 0.6 is 0 Å². The van der Waals surface area contributed by atoms with Crippen LogP contribution in [0.5, 0.6) is 0 Å². The van der Waals surface area contributed by atoms with Crippen LogP contribution in [-0.4, -0.2) is 45.2 Å². The number of methoxy groups -OCH3 is 1. The van der Waals surface area contributed by atoms with Crippen LogP contribution in [0.1, 0.15) is 63.9 Å². The van der Waals surface area contributed by atoms with Crippen LogP contribution in [-0.2, 0) is 14.3 Å². The van der Waals surface area contributed by atoms with Crippen molar-refractivity contribution >= 4 is 29.4 Å². The first-order chi connectivity index (χ1) is 15.0. The van der Waals surface area contributed by atoms with E-state index in [1.54, 1.807) is 0 Å². The van der Waals surface area contributed by atoms with Crippen LogP contribution in [0.15, 0.2) is 35.8 Å². The number of benzene rings is 1. The van der Waals surface area contributed by atoms with Crippen molar-refractivity contribution in [3.8, 4) is 0 Å². The fourth-order valence-electron chi connectivity index (χ4n) is 3.47. The second kappa shape index (κ2) is 16.3. The number of para-hydroxylation sites is 1. The predicted octanol–water partition coefficient (Wildman–Crippen LogP) is 4.67. The Morgan fingerprint density at radius 2 is 1.87 bits per heavy atom. The third-order valence-electron chi connectivity index (χ3n) is 5.19. The molecule has 172 valence electrons. The molecule has 1 aliphatic carbocycles. The number of nitrogens with one attached hydrogen (secondary N) is 2. The van der Waals surface area contributed by atoms with Crippen molar-refractivity contribution in [3.05, 3.63) is 36.4 Å². The lowest BCUT2D eigenvalue weighted by molar-refractivity contribution is -0.139. The lowest BCUT2D eigenvalue weighted by atomic mass is 10.0. The zero-order valence-corrected chi connectivity index (χ0v) is 19.4. The summed E-state index contributed by atoms with van der Waals surface area (Å²) >= 11 is 0. The van der Waals surface area contributed by atoms with Crippen molar-refractivity contribution in [2.24, 2.45) is 10.9 Å². The normalized spacial score (nSPS) is 14.6. The Bertz CT molecular complexity index is 700. The highest BCUT2D eigenvalue weighted by Crippen LogP contribution is 2.24. The first kappa shape index (κ1) is 26.6. The molecule has 2 rings (SSSR count). The van der Waals surface area contributed by atoms with Crippen molar-refractivity contribution in [2.45, 2.75) is 58.3 Å². The first-order valence-electron chi connectivity index (χ1n) is 11.3. The number of carbonyl (C=O) groups excluding carboxylic acids is 2. The Morgan fingerprint density at radius 1 is 1.19 bits per heavy atom. The molecule has 31 heavy (non-hydrogen) atoms. The van der Waals surface area contributed by atoms with Gasteiger partial charge >= 0.3 is 5.97 Å². The third-order valence-corrected chi connectivity index (χ3v) is 5.19. The maximum absolute atomic E-state index is 11.2. The summed E-state index contributed by atoms with van der Waals surface area (Å²) in [5.41, 5.74) is 3.49. The van der Waals surface area contributed by atoms with Crippen LogP contribution in [0.2, 0.25) is 0 Å². The van der Waals surface area contributed by atoms with Gasteiger partial charge < -0.3 is 20.2 Å². The summed E-state index contributed by atoms with van der Waals surface area (Å²) in [5, 5.41) is 6.11. The number of esters is 1. The molecule has 1 aromatic carbocycles. The van der Waals surface area contributed by atoms with Crippen molar-refractivity contribution in [3.63, 3.8) is 0 Å². The van der Waals surface area contributed by atoms with Crippen LogP contribution in [0, 0.1) is 5.92 Å². The van der Waals surface area contributed by atoms with Gasteiger partial charge in [0, 0.05) is 29.4 Å². The largest absolute Gasteiger partial charge is 0.468 e. The van der Waals surface area contributed by atoms with Crippen molar-refractivity contribution in [1.82, 2.24) is 10.6 Å². The van der Waals surface area contributed by atoms with Gasteiger partial charge in [-0.1, -0.05) is 63.8 Å². The van der Waals surface area contributed by atoms with E-state index in [0.717, 1.165) is 55.5 Å². The summed E-state index contributed by atoms with van der Waals surface area (Å²) in [6, 6.07) is 7.76. The van der Waals surface area contributed by atoms with Gasteiger partial charge in [-0.15, -0.1) is 0 Å². The van der Waals surface area contributed by atoms with E-state index in [4.69, 9.17) is 4.99 Å². The van der Waals surface area contributed by atoms with Crippen LogP contribution < -0.4 is 10.6 Å². The highest BCUT2D eigenvalue weighted by atomic mass is 16.5. The van der Waals surface area contributed by atoms with E-state index in [-0.39, 0.29) is 12.5 Å². The Balaban J connectivity index is 0.000000442. The minimum atomic E-state index is -0.330. The lowest BCUT2D eigenvalue weighted by Gasteiger charge is -2.12. The zero-order chi connectivity index (χ0) is 22.9. The maximum Gasteiger partial charge on any atom is 0.325 e. The van der Waals surface area contributed by atoms with E-state index < -0.39 is 0 Å². The number of rotatable bonds is 10. The van der Waals surface area contributed by atoms with E-state index >= 15 is 0 Å². The topological polar surface area (TPSA) is 79.8 Å². The van der Waals surface area contributed by atoms with E-state index in [9.17, 15) is 9.59 Å². The number of nitrogens with zero attached hydrogens (tertiary/aromatic N) is 1. The molecule has 0 bridgehead atoms. The quantitative estimate of drug-likeness (QED) is 0.245. The average Bonchev–Trinajstić information content (AvgIpc) is 3.07. The van der Waals surface area contributed by atoms with E-state index in [0.29, 0.717) is 11.6 Å². The maximum atomic E-state index is 11.2. The minimum Gasteiger partial charge on any atom is -0.468 e. The molecule has 1 aliphatic rings. The molecular formula is C25H39N3O3. The van der Waals surface area contributed by atoms with Crippen LogP contribution in [0.4, 0.5) is 5.69 Å². The standard InChI is InChI=1S/C17H25N3O2.C8H14O/c1-5-8-14(11-18-3)20-16-10-7-6-9-15(16)13(2)19-12-17(21)22-4;9-7-8-5-3-1-2-4-6-8/h6-7,9-10,18-19H,2,5,8,11-12H2,1,3-4H3;7-8H,1-6H2. The van der Waals surface area contributed by atoms with Crippen molar-refractivity contribution in [1.29, 1.82) is 0 Å². The molecule has 1 fully saturated rings. The minimum absolute atomic E-state index is 0.0890. The summed E-state index contributed by atoms with van der Waals surface area (Å²) in [6.07, 6.45) is 10.6. The van der Waals surface area contributed by atoms with Gasteiger partial charge in [0.2, 0.25) is 0 Å². The Hall–Kier alpha value is -2.47. The van der Waals surface area contributed by atoms with E-state index in [2.05, 4.69) is 28.9 Å². The number of aldehydes is 1. The summed E-state index contributed by atoms with van der Waals surface area (Å²) < 4.78 is 4.62. The van der Waals surface area contributed by atoms with Gasteiger partial charge in [0.05, 0.1) is 12.8 Å². The molecule has 0 heterocycles. The van der Waals surface area contributed by atoms with Gasteiger partial charge in [-0.3, -0.25) is 9.79 Å². The fourth-order valence-corrected chi connectivity index (χ4v) is 3.47. The van der Waals surface area contributed by atoms with Gasteiger partial charge in [0.15, 0.2) is 0 Å². The van der Waals surface area contributed by atoms with E-state index in [1.165, 1.54) is 32.8 Å². The van der Waals surface area contributed by atoms with Crippen molar-refractivity contribution < 1.29 is 14.3 Å². The van der Waals surface area contributed by atoms with Gasteiger partial charge in [-0.2, -0.15) is 0 Å². The Labute approximate surface area is 187 Å². The first-order valence-corrected chi connectivity index (χ1v) is 11.3. The molecule has 2 N–H and O–H groups in total. The SMILES string of the molecule is C=C(NCC(=O)OC)c1ccccc1N=C(CCC)CNC.O=CC1CCCCCC1. The number of hydrogen-bond acceptors (Lipinski definition) is 6. The lowest BCUT2D eigenvalue weighted by Crippen LogP contribution is -2.22. The molecule has 6 heteroatoms. The molecule has 0 aliphatic heterocycles. The Kier molecular flexibility index (Phi) is 13.9. The monoisotopic (exact) mass is 429 g/mol. The zero-order valence-electron chi connectivity index (χ0n) is 19.4. The second-order valence-electron chi connectivity index (χ2n) is 7.77. The van der Waals surface area contributed by atoms with Gasteiger partial charge in [0.25, 0.3) is 0 Å². The molecule has 0 radical (unpaired) electrons. The molecule has 1 saturated carbocycles. The highest BCUT2D eigenvalue weighted by Gasteiger charge is 2.10. The molecular weight excluding hydrogens is 390 g/mol. The summed E-state index contributed by atoms with van der Waals surface area (Å²) in [5.74, 6) is 0.0662. The molecule has 0 unspecified atom stereocenters. The second-order valence-corrected chi connectivity index (χ2v) is 7.77. The third kappa shape index (κ3) is 10.9. The molecule has 0 amide bonds. The summed E-state index contributed by atoms with van der Waals surface area (Å²) in [7, 11) is 3.27. The summed E-state index contributed by atoms with van der Waals surface area (Å²) in [6.45, 7) is 6.96. The predicted molar refractivity (Wildman–Crippen MR) is 129 cm³/mol. The fraction of sp³-hybridized carbons (Fsp3) is 0.560. The van der Waals surface area contributed by atoms with Gasteiger partial charge in [-0.25, -0.2) is 0 Å². The number of ether oxygens (including phenoxy) is 1. The highest BCUT2D eigenvalue weighted by molar-refractivity contribution is 5.90. The number of hydrogen-bond donors (Lipinski definition) is 2. The van der Waals surface area contributed by atoms with Crippen molar-refractivity contribution in [2.75, 3.05) is 27.2 Å². The van der Waals surface area contributed by atoms with Crippen LogP contribution in [0.3, 0.4) is 0 Å². The molecule has 0 saturated heterocycles.